The van der Waals surface area contributed by atoms with Gasteiger partial charge >= 0.3 is 0 Å². The number of furan rings is 1. The summed E-state index contributed by atoms with van der Waals surface area (Å²) in [7, 11) is 0. The molecule has 0 spiro atoms. The Hall–Kier alpha value is -8.99. The van der Waals surface area contributed by atoms with Crippen molar-refractivity contribution in [2.45, 2.75) is 0 Å². The van der Waals surface area contributed by atoms with Crippen molar-refractivity contribution in [3.63, 3.8) is 0 Å². The molecule has 12 aromatic carbocycles. The van der Waals surface area contributed by atoms with Crippen LogP contribution in [0.5, 0.6) is 0 Å². The van der Waals surface area contributed by atoms with E-state index in [1.165, 1.54) is 75.8 Å². The topological polar surface area (TPSA) is 51.8 Å². The molecule has 0 fully saturated rings. The van der Waals surface area contributed by atoms with Gasteiger partial charge in [0.25, 0.3) is 0 Å². The molecule has 2 heterocycles. The van der Waals surface area contributed by atoms with Crippen LogP contribution in [-0.4, -0.2) is 15.0 Å². The largest absolute Gasteiger partial charge is 0.456 e. The fraction of sp³-hybridized carbons (Fsp3) is 0. The second-order valence-electron chi connectivity index (χ2n) is 17.5. The highest BCUT2D eigenvalue weighted by Crippen LogP contribution is 2.45. The molecule has 310 valence electrons. The van der Waals surface area contributed by atoms with Crippen LogP contribution >= 0.6 is 0 Å². The zero-order valence-electron chi connectivity index (χ0n) is 36.1. The average molecular weight is 852 g/mol. The van der Waals surface area contributed by atoms with Crippen LogP contribution in [0.4, 0.5) is 0 Å². The highest BCUT2D eigenvalue weighted by Gasteiger charge is 2.18. The molecule has 0 aliphatic rings. The maximum absolute atomic E-state index is 6.25. The number of aromatic nitrogens is 3. The molecule has 0 amide bonds. The molecule has 0 radical (unpaired) electrons. The molecular weight excluding hydrogens is 815 g/mol. The molecule has 0 aliphatic carbocycles. The number of benzene rings is 11. The normalized spacial score (nSPS) is 11.9. The number of para-hydroxylation sites is 1. The second-order valence-corrected chi connectivity index (χ2v) is 17.5. The van der Waals surface area contributed by atoms with Crippen molar-refractivity contribution in [2.24, 2.45) is 0 Å². The second kappa shape index (κ2) is 14.8. The maximum atomic E-state index is 6.25. The predicted molar refractivity (Wildman–Crippen MR) is 278 cm³/mol. The molecule has 0 N–H and O–H groups in total. The van der Waals surface area contributed by atoms with Gasteiger partial charge < -0.3 is 4.42 Å². The molecule has 0 unspecified atom stereocenters. The summed E-state index contributed by atoms with van der Waals surface area (Å²) in [5.41, 5.74) is 9.08. The summed E-state index contributed by atoms with van der Waals surface area (Å²) < 4.78 is 6.25. The van der Waals surface area contributed by atoms with Gasteiger partial charge in [0.05, 0.1) is 0 Å². The standard InChI is InChI=1S/C63H37N3O/c1-2-11-43(12-3-1)61-64-62(66-63(65-61)49-20-7-18-45(34-49)56-37-46-13-4-5-24-55(46)67-56)48-19-6-17-44(33-48)38-25-27-39(28-26-38)50-35-47-32-31-42-15-9-22-52-51-21-8-14-40-29-30-41-16-10-23-53(59(41)57(40)51)54(36-50)60(47)58(42)52/h1-37H. The van der Waals surface area contributed by atoms with E-state index in [9.17, 15) is 0 Å². The van der Waals surface area contributed by atoms with Gasteiger partial charge in [-0.2, -0.15) is 0 Å². The summed E-state index contributed by atoms with van der Waals surface area (Å²) in [4.78, 5) is 15.2. The fourth-order valence-electron chi connectivity index (χ4n) is 10.4. The van der Waals surface area contributed by atoms with Gasteiger partial charge in [-0.1, -0.05) is 188 Å². The highest BCUT2D eigenvalue weighted by molar-refractivity contribution is 6.37. The first-order valence-corrected chi connectivity index (χ1v) is 22.7. The van der Waals surface area contributed by atoms with E-state index in [0.29, 0.717) is 17.5 Å². The number of fused-ring (bicyclic) bond motifs is 3. The molecule has 4 heteroatoms. The van der Waals surface area contributed by atoms with Gasteiger partial charge in [-0.3, -0.25) is 0 Å². The number of rotatable bonds is 6. The Bertz CT molecular complexity index is 4230. The van der Waals surface area contributed by atoms with Crippen molar-refractivity contribution in [1.29, 1.82) is 0 Å². The number of hydrogen-bond acceptors (Lipinski definition) is 4. The predicted octanol–water partition coefficient (Wildman–Crippen LogP) is 17.0. The molecule has 14 rings (SSSR count). The lowest BCUT2D eigenvalue weighted by Crippen LogP contribution is -2.00. The third-order valence-corrected chi connectivity index (χ3v) is 13.6. The first kappa shape index (κ1) is 37.4. The van der Waals surface area contributed by atoms with Gasteiger partial charge in [0.15, 0.2) is 17.5 Å². The van der Waals surface area contributed by atoms with Crippen LogP contribution in [0, 0.1) is 0 Å². The Morgan fingerprint density at radius 1 is 0.239 bits per heavy atom. The lowest BCUT2D eigenvalue weighted by molar-refractivity contribution is 0.631. The molecule has 67 heavy (non-hydrogen) atoms. The maximum Gasteiger partial charge on any atom is 0.164 e. The molecule has 2 aromatic heterocycles. The van der Waals surface area contributed by atoms with Crippen LogP contribution in [-0.2, 0) is 0 Å². The van der Waals surface area contributed by atoms with Crippen LogP contribution in [0.15, 0.2) is 229 Å². The molecular formula is C63H37N3O. The van der Waals surface area contributed by atoms with Gasteiger partial charge in [0, 0.05) is 27.6 Å². The highest BCUT2D eigenvalue weighted by atomic mass is 16.3. The Balaban J connectivity index is 0.874. The lowest BCUT2D eigenvalue weighted by atomic mass is 9.86. The van der Waals surface area contributed by atoms with E-state index in [2.05, 4.69) is 164 Å². The van der Waals surface area contributed by atoms with Gasteiger partial charge in [-0.15, -0.1) is 0 Å². The molecule has 0 aliphatic heterocycles. The van der Waals surface area contributed by atoms with E-state index in [1.54, 1.807) is 0 Å². The van der Waals surface area contributed by atoms with E-state index >= 15 is 0 Å². The minimum atomic E-state index is 0.596. The molecule has 4 nitrogen and oxygen atoms in total. The van der Waals surface area contributed by atoms with Gasteiger partial charge in [0.1, 0.15) is 11.3 Å². The minimum absolute atomic E-state index is 0.596. The lowest BCUT2D eigenvalue weighted by Gasteiger charge is -2.17. The average Bonchev–Trinajstić information content (AvgIpc) is 3.85. The molecule has 0 atom stereocenters. The Kier molecular flexibility index (Phi) is 8.25. The van der Waals surface area contributed by atoms with Crippen molar-refractivity contribution >= 4 is 75.6 Å². The Morgan fingerprint density at radius 2 is 0.687 bits per heavy atom. The summed E-state index contributed by atoms with van der Waals surface area (Å²) in [6, 6.07) is 80.2. The minimum Gasteiger partial charge on any atom is -0.456 e. The van der Waals surface area contributed by atoms with Crippen molar-refractivity contribution in [3.05, 3.63) is 224 Å². The summed E-state index contributed by atoms with van der Waals surface area (Å²) in [5.74, 6) is 2.62. The van der Waals surface area contributed by atoms with Crippen molar-refractivity contribution in [1.82, 2.24) is 15.0 Å². The third-order valence-electron chi connectivity index (χ3n) is 13.6. The molecule has 0 saturated heterocycles. The number of hydrogen-bond donors (Lipinski definition) is 0. The van der Waals surface area contributed by atoms with Crippen molar-refractivity contribution in [2.75, 3.05) is 0 Å². The SMILES string of the molecule is c1ccc(-c2nc(-c3cccc(-c4ccc(-c5cc6ccc7cccc8c9cccc%10ccc%11cccc(c(c5)c6c78)c%11c%109)cc4)c3)nc(-c3cccc(-c4cc5ccccc5o4)c3)n2)cc1. The zero-order valence-corrected chi connectivity index (χ0v) is 36.1. The molecule has 14 aromatic rings. The summed E-state index contributed by atoms with van der Waals surface area (Å²) in [6.07, 6.45) is 0. The van der Waals surface area contributed by atoms with Crippen LogP contribution in [0.3, 0.4) is 0 Å². The summed E-state index contributed by atoms with van der Waals surface area (Å²) >= 11 is 0. The van der Waals surface area contributed by atoms with E-state index in [-0.39, 0.29) is 0 Å². The fourth-order valence-corrected chi connectivity index (χ4v) is 10.4. The van der Waals surface area contributed by atoms with Crippen LogP contribution < -0.4 is 0 Å². The molecule has 0 bridgehead atoms. The first-order chi connectivity index (χ1) is 33.2. The van der Waals surface area contributed by atoms with Crippen molar-refractivity contribution < 1.29 is 4.42 Å². The third kappa shape index (κ3) is 6.11. The molecule has 0 saturated carbocycles. The zero-order chi connectivity index (χ0) is 44.0. The van der Waals surface area contributed by atoms with Gasteiger partial charge in [-0.05, 0) is 123 Å². The van der Waals surface area contributed by atoms with Crippen LogP contribution in [0.1, 0.15) is 0 Å². The smallest absolute Gasteiger partial charge is 0.164 e. The van der Waals surface area contributed by atoms with E-state index in [0.717, 1.165) is 50.1 Å². The van der Waals surface area contributed by atoms with E-state index in [1.807, 2.05) is 60.7 Å². The Morgan fingerprint density at radius 3 is 1.31 bits per heavy atom. The summed E-state index contributed by atoms with van der Waals surface area (Å²) in [5, 5.41) is 16.4. The van der Waals surface area contributed by atoms with Gasteiger partial charge in [0.2, 0.25) is 0 Å². The Labute approximate surface area is 385 Å². The quantitative estimate of drug-likeness (QED) is 0.156. The van der Waals surface area contributed by atoms with E-state index < -0.39 is 0 Å². The van der Waals surface area contributed by atoms with Crippen molar-refractivity contribution in [3.8, 4) is 67.7 Å². The van der Waals surface area contributed by atoms with Gasteiger partial charge in [-0.25, -0.2) is 15.0 Å². The van der Waals surface area contributed by atoms with E-state index in [4.69, 9.17) is 19.4 Å². The number of nitrogens with zero attached hydrogens (tertiary/aromatic N) is 3. The van der Waals surface area contributed by atoms with Crippen LogP contribution in [0.25, 0.3) is 143 Å². The summed E-state index contributed by atoms with van der Waals surface area (Å²) in [6.45, 7) is 0. The van der Waals surface area contributed by atoms with Crippen LogP contribution in [0.2, 0.25) is 0 Å². The monoisotopic (exact) mass is 851 g/mol. The first-order valence-electron chi connectivity index (χ1n) is 22.7.